The van der Waals surface area contributed by atoms with Gasteiger partial charge in [0.25, 0.3) is 0 Å². The molecule has 1 aromatic rings. The maximum atomic E-state index is 8.91. The van der Waals surface area contributed by atoms with Crippen molar-refractivity contribution >= 4 is 0 Å². The van der Waals surface area contributed by atoms with Crippen molar-refractivity contribution in [3.63, 3.8) is 0 Å². The first-order valence-electron chi connectivity index (χ1n) is 3.81. The van der Waals surface area contributed by atoms with E-state index in [1.54, 1.807) is 18.2 Å². The minimum Gasteiger partial charge on any atom is -0.340 e. The molecule has 0 aromatic heterocycles. The number of hydrogen-bond donors (Lipinski definition) is 3. The highest BCUT2D eigenvalue weighted by atomic mass is 16.7. The van der Waals surface area contributed by atoms with Crippen LogP contribution in [0.4, 0.5) is 0 Å². The van der Waals surface area contributed by atoms with Crippen LogP contribution in [0, 0.1) is 0 Å². The van der Waals surface area contributed by atoms with E-state index in [1.165, 1.54) is 6.07 Å². The van der Waals surface area contributed by atoms with Crippen LogP contribution in [0.5, 0.6) is 0 Å². The standard InChI is InChI=1S/C9H12O3/c1-2-7-5-3-4-6-8(7)9(10,11)12/h3-6,10-12H,2H2,1H3. The molecule has 0 aliphatic carbocycles. The second kappa shape index (κ2) is 3.23. The summed E-state index contributed by atoms with van der Waals surface area (Å²) in [5.41, 5.74) is 0.873. The van der Waals surface area contributed by atoms with E-state index >= 15 is 0 Å². The molecule has 0 unspecified atom stereocenters. The third-order valence-corrected chi connectivity index (χ3v) is 1.76. The molecule has 0 aliphatic rings. The maximum absolute atomic E-state index is 8.91. The van der Waals surface area contributed by atoms with Crippen molar-refractivity contribution in [2.45, 2.75) is 19.3 Å². The predicted molar refractivity (Wildman–Crippen MR) is 44.2 cm³/mol. The van der Waals surface area contributed by atoms with Crippen molar-refractivity contribution in [2.75, 3.05) is 0 Å². The summed E-state index contributed by atoms with van der Waals surface area (Å²) >= 11 is 0. The Morgan fingerprint density at radius 3 is 2.17 bits per heavy atom. The van der Waals surface area contributed by atoms with Crippen LogP contribution in [0.2, 0.25) is 0 Å². The molecule has 0 amide bonds. The van der Waals surface area contributed by atoms with Crippen LogP contribution in [0.3, 0.4) is 0 Å². The van der Waals surface area contributed by atoms with Crippen molar-refractivity contribution in [2.24, 2.45) is 0 Å². The summed E-state index contributed by atoms with van der Waals surface area (Å²) in [5, 5.41) is 26.7. The fraction of sp³-hybridized carbons (Fsp3) is 0.333. The van der Waals surface area contributed by atoms with E-state index in [0.29, 0.717) is 6.42 Å². The Kier molecular flexibility index (Phi) is 2.47. The summed E-state index contributed by atoms with van der Waals surface area (Å²) in [7, 11) is 0. The zero-order valence-corrected chi connectivity index (χ0v) is 6.86. The highest BCUT2D eigenvalue weighted by Gasteiger charge is 2.23. The summed E-state index contributed by atoms with van der Waals surface area (Å²) in [4.78, 5) is 0. The van der Waals surface area contributed by atoms with E-state index in [0.717, 1.165) is 5.56 Å². The van der Waals surface area contributed by atoms with Crippen molar-refractivity contribution in [3.05, 3.63) is 35.4 Å². The lowest BCUT2D eigenvalue weighted by atomic mass is 10.0. The molecule has 1 rings (SSSR count). The lowest BCUT2D eigenvalue weighted by Gasteiger charge is -2.17. The molecule has 0 heterocycles. The van der Waals surface area contributed by atoms with E-state index < -0.39 is 5.97 Å². The average molecular weight is 168 g/mol. The SMILES string of the molecule is CCc1ccccc1C(O)(O)O. The normalized spacial score (nSPS) is 11.7. The third-order valence-electron chi connectivity index (χ3n) is 1.76. The predicted octanol–water partition coefficient (Wildman–Crippen LogP) is 0.336. The van der Waals surface area contributed by atoms with Crippen molar-refractivity contribution in [1.29, 1.82) is 0 Å². The van der Waals surface area contributed by atoms with E-state index in [1.807, 2.05) is 6.92 Å². The van der Waals surface area contributed by atoms with Crippen LogP contribution in [0.15, 0.2) is 24.3 Å². The number of aliphatic hydroxyl groups is 3. The summed E-state index contributed by atoms with van der Waals surface area (Å²) < 4.78 is 0. The van der Waals surface area contributed by atoms with Gasteiger partial charge in [-0.15, -0.1) is 0 Å². The molecule has 3 nitrogen and oxygen atoms in total. The van der Waals surface area contributed by atoms with Crippen LogP contribution in [-0.4, -0.2) is 15.3 Å². The second-order valence-electron chi connectivity index (χ2n) is 2.65. The van der Waals surface area contributed by atoms with Crippen molar-refractivity contribution in [3.8, 4) is 0 Å². The molecule has 0 aliphatic heterocycles. The van der Waals surface area contributed by atoms with Gasteiger partial charge in [-0.05, 0) is 12.0 Å². The minimum absolute atomic E-state index is 0.146. The van der Waals surface area contributed by atoms with Crippen LogP contribution >= 0.6 is 0 Å². The van der Waals surface area contributed by atoms with Gasteiger partial charge in [-0.3, -0.25) is 0 Å². The molecule has 0 fully saturated rings. The quantitative estimate of drug-likeness (QED) is 0.558. The topological polar surface area (TPSA) is 60.7 Å². The zero-order valence-electron chi connectivity index (χ0n) is 6.86. The Bertz CT molecular complexity index is 263. The lowest BCUT2D eigenvalue weighted by molar-refractivity contribution is -0.324. The number of benzene rings is 1. The molecule has 0 bridgehead atoms. The summed E-state index contributed by atoms with van der Waals surface area (Å²) in [6.45, 7) is 1.88. The second-order valence-corrected chi connectivity index (χ2v) is 2.65. The first-order valence-corrected chi connectivity index (χ1v) is 3.81. The Hall–Kier alpha value is -0.900. The zero-order chi connectivity index (χ0) is 9.19. The molecule has 0 atom stereocenters. The molecule has 66 valence electrons. The first kappa shape index (κ1) is 9.19. The molecule has 12 heavy (non-hydrogen) atoms. The summed E-state index contributed by atoms with van der Waals surface area (Å²) in [6.07, 6.45) is 0.652. The van der Waals surface area contributed by atoms with Gasteiger partial charge >= 0.3 is 5.97 Å². The molecule has 0 spiro atoms. The molecule has 1 aromatic carbocycles. The molecule has 0 radical (unpaired) electrons. The summed E-state index contributed by atoms with van der Waals surface area (Å²) in [5.74, 6) is -2.72. The largest absolute Gasteiger partial charge is 0.340 e. The van der Waals surface area contributed by atoms with Crippen molar-refractivity contribution in [1.82, 2.24) is 0 Å². The molecule has 0 saturated carbocycles. The highest BCUT2D eigenvalue weighted by Crippen LogP contribution is 2.19. The van der Waals surface area contributed by atoms with Gasteiger partial charge in [0, 0.05) is 5.56 Å². The molecule has 3 N–H and O–H groups in total. The van der Waals surface area contributed by atoms with Gasteiger partial charge in [-0.25, -0.2) is 0 Å². The Morgan fingerprint density at radius 1 is 1.17 bits per heavy atom. The smallest absolute Gasteiger partial charge is 0.304 e. The summed E-state index contributed by atoms with van der Waals surface area (Å²) in [6, 6.07) is 6.66. The monoisotopic (exact) mass is 168 g/mol. The van der Waals surface area contributed by atoms with Gasteiger partial charge in [0.2, 0.25) is 0 Å². The number of aryl methyl sites for hydroxylation is 1. The number of hydrogen-bond acceptors (Lipinski definition) is 3. The van der Waals surface area contributed by atoms with Gasteiger partial charge < -0.3 is 15.3 Å². The minimum atomic E-state index is -2.72. The van der Waals surface area contributed by atoms with E-state index in [4.69, 9.17) is 15.3 Å². The molecular weight excluding hydrogens is 156 g/mol. The van der Waals surface area contributed by atoms with Gasteiger partial charge in [-0.1, -0.05) is 31.2 Å². The first-order chi connectivity index (χ1) is 5.55. The fourth-order valence-electron chi connectivity index (χ4n) is 1.16. The Morgan fingerprint density at radius 2 is 1.75 bits per heavy atom. The Labute approximate surface area is 70.9 Å². The molecule has 0 saturated heterocycles. The van der Waals surface area contributed by atoms with E-state index in [-0.39, 0.29) is 5.56 Å². The van der Waals surface area contributed by atoms with E-state index in [9.17, 15) is 0 Å². The average Bonchev–Trinajstić information content (AvgIpc) is 2.03. The third kappa shape index (κ3) is 1.82. The van der Waals surface area contributed by atoms with Crippen LogP contribution in [0.1, 0.15) is 18.1 Å². The molecular formula is C9H12O3. The van der Waals surface area contributed by atoms with Gasteiger partial charge in [0.15, 0.2) is 0 Å². The fourth-order valence-corrected chi connectivity index (χ4v) is 1.16. The highest BCUT2D eigenvalue weighted by molar-refractivity contribution is 5.28. The van der Waals surface area contributed by atoms with Crippen LogP contribution in [-0.2, 0) is 12.4 Å². The number of rotatable bonds is 2. The van der Waals surface area contributed by atoms with Gasteiger partial charge in [-0.2, -0.15) is 0 Å². The molecule has 3 heteroatoms. The Balaban J connectivity index is 3.14. The maximum Gasteiger partial charge on any atom is 0.304 e. The van der Waals surface area contributed by atoms with Crippen LogP contribution < -0.4 is 0 Å². The van der Waals surface area contributed by atoms with Crippen LogP contribution in [0.25, 0.3) is 0 Å². The lowest BCUT2D eigenvalue weighted by Crippen LogP contribution is -2.25. The van der Waals surface area contributed by atoms with Gasteiger partial charge in [0.05, 0.1) is 0 Å². The van der Waals surface area contributed by atoms with Crippen molar-refractivity contribution < 1.29 is 15.3 Å². The van der Waals surface area contributed by atoms with Gasteiger partial charge in [0.1, 0.15) is 0 Å². The van der Waals surface area contributed by atoms with E-state index in [2.05, 4.69) is 0 Å².